The summed E-state index contributed by atoms with van der Waals surface area (Å²) in [4.78, 5) is 10.9. The topological polar surface area (TPSA) is 50.3 Å². The van der Waals surface area contributed by atoms with E-state index in [1.165, 1.54) is 0 Å². The van der Waals surface area contributed by atoms with Crippen LogP contribution < -0.4 is 10.2 Å². The molecule has 2 unspecified atom stereocenters. The first kappa shape index (κ1) is 14.3. The number of nitrogens with zero attached hydrogens (tertiary/aromatic N) is 3. The molecule has 106 valence electrons. The molecule has 1 aliphatic rings. The summed E-state index contributed by atoms with van der Waals surface area (Å²) < 4.78 is 5.73. The van der Waals surface area contributed by atoms with Crippen molar-refractivity contribution in [2.45, 2.75) is 39.4 Å². The lowest BCUT2D eigenvalue weighted by Gasteiger charge is -2.36. The molecule has 0 aromatic carbocycles. The minimum Gasteiger partial charge on any atom is -0.372 e. The van der Waals surface area contributed by atoms with Crippen LogP contribution in [0.15, 0.2) is 6.20 Å². The fourth-order valence-corrected chi connectivity index (χ4v) is 2.46. The van der Waals surface area contributed by atoms with Crippen LogP contribution in [-0.4, -0.2) is 41.8 Å². The van der Waals surface area contributed by atoms with Gasteiger partial charge in [-0.05, 0) is 20.3 Å². The predicted molar refractivity (Wildman–Crippen MR) is 78.0 cm³/mol. The van der Waals surface area contributed by atoms with Crippen LogP contribution in [0.2, 0.25) is 5.02 Å². The molecule has 2 atom stereocenters. The van der Waals surface area contributed by atoms with Crippen LogP contribution in [0.25, 0.3) is 0 Å². The van der Waals surface area contributed by atoms with Crippen molar-refractivity contribution in [3.05, 3.63) is 11.2 Å². The summed E-state index contributed by atoms with van der Waals surface area (Å²) in [7, 11) is 0. The van der Waals surface area contributed by atoms with Crippen LogP contribution in [0, 0.1) is 0 Å². The van der Waals surface area contributed by atoms with Gasteiger partial charge in [-0.2, -0.15) is 4.98 Å². The van der Waals surface area contributed by atoms with Crippen LogP contribution in [-0.2, 0) is 4.74 Å². The SMILES string of the molecule is CCCNc1ncc(Cl)c(N2CC(C)OC(C)C2)n1. The van der Waals surface area contributed by atoms with Gasteiger partial charge in [-0.3, -0.25) is 0 Å². The lowest BCUT2D eigenvalue weighted by Crippen LogP contribution is -2.46. The zero-order valence-corrected chi connectivity index (χ0v) is 12.4. The highest BCUT2D eigenvalue weighted by atomic mass is 35.5. The molecule has 19 heavy (non-hydrogen) atoms. The van der Waals surface area contributed by atoms with E-state index in [1.807, 2.05) is 0 Å². The van der Waals surface area contributed by atoms with Crippen molar-refractivity contribution in [2.75, 3.05) is 29.9 Å². The summed E-state index contributed by atoms with van der Waals surface area (Å²) in [5.41, 5.74) is 0. The predicted octanol–water partition coefficient (Wildman–Crippen LogP) is 2.57. The first-order chi connectivity index (χ1) is 9.10. The van der Waals surface area contributed by atoms with Gasteiger partial charge in [0.2, 0.25) is 5.95 Å². The van der Waals surface area contributed by atoms with Crippen LogP contribution in [0.3, 0.4) is 0 Å². The molecule has 1 fully saturated rings. The quantitative estimate of drug-likeness (QED) is 0.921. The van der Waals surface area contributed by atoms with E-state index < -0.39 is 0 Å². The molecule has 5 nitrogen and oxygen atoms in total. The Labute approximate surface area is 119 Å². The Hall–Kier alpha value is -1.07. The van der Waals surface area contributed by atoms with Gasteiger partial charge >= 0.3 is 0 Å². The highest BCUT2D eigenvalue weighted by molar-refractivity contribution is 6.32. The molecular weight excluding hydrogens is 264 g/mol. The number of nitrogens with one attached hydrogen (secondary N) is 1. The largest absolute Gasteiger partial charge is 0.372 e. The summed E-state index contributed by atoms with van der Waals surface area (Å²) in [5, 5.41) is 3.77. The number of anilines is 2. The normalized spacial score (nSPS) is 23.5. The molecule has 2 heterocycles. The Balaban J connectivity index is 2.17. The molecule has 1 saturated heterocycles. The van der Waals surface area contributed by atoms with Gasteiger partial charge in [-0.25, -0.2) is 4.98 Å². The molecule has 0 amide bonds. The molecule has 2 rings (SSSR count). The van der Waals surface area contributed by atoms with E-state index in [1.54, 1.807) is 6.20 Å². The van der Waals surface area contributed by atoms with Crippen molar-refractivity contribution in [1.82, 2.24) is 9.97 Å². The van der Waals surface area contributed by atoms with Crippen LogP contribution >= 0.6 is 11.6 Å². The third-order valence-corrected chi connectivity index (χ3v) is 3.24. The molecule has 0 radical (unpaired) electrons. The number of morpholine rings is 1. The average Bonchev–Trinajstić information content (AvgIpc) is 2.36. The van der Waals surface area contributed by atoms with E-state index in [0.29, 0.717) is 11.0 Å². The van der Waals surface area contributed by atoms with Crippen molar-refractivity contribution in [3.63, 3.8) is 0 Å². The second kappa shape index (κ2) is 6.39. The van der Waals surface area contributed by atoms with E-state index in [0.717, 1.165) is 31.9 Å². The maximum Gasteiger partial charge on any atom is 0.224 e. The number of hydrogen-bond acceptors (Lipinski definition) is 5. The Bertz CT molecular complexity index is 419. The Morgan fingerprint density at radius 1 is 1.42 bits per heavy atom. The highest BCUT2D eigenvalue weighted by Crippen LogP contribution is 2.26. The Morgan fingerprint density at radius 3 is 2.74 bits per heavy atom. The summed E-state index contributed by atoms with van der Waals surface area (Å²) in [5.74, 6) is 1.42. The van der Waals surface area contributed by atoms with Gasteiger partial charge in [-0.15, -0.1) is 0 Å². The monoisotopic (exact) mass is 284 g/mol. The van der Waals surface area contributed by atoms with Crippen LogP contribution in [0.4, 0.5) is 11.8 Å². The van der Waals surface area contributed by atoms with E-state index >= 15 is 0 Å². The van der Waals surface area contributed by atoms with E-state index in [4.69, 9.17) is 16.3 Å². The first-order valence-electron chi connectivity index (χ1n) is 6.77. The molecular formula is C13H21ClN4O. The van der Waals surface area contributed by atoms with Gasteiger partial charge in [0.25, 0.3) is 0 Å². The minimum absolute atomic E-state index is 0.182. The van der Waals surface area contributed by atoms with E-state index in [2.05, 4.69) is 41.0 Å². The minimum atomic E-state index is 0.182. The molecule has 1 aromatic rings. The fraction of sp³-hybridized carbons (Fsp3) is 0.692. The van der Waals surface area contributed by atoms with Gasteiger partial charge in [0.15, 0.2) is 5.82 Å². The standard InChI is InChI=1S/C13H21ClN4O/c1-4-5-15-13-16-6-11(14)12(17-13)18-7-9(2)19-10(3)8-18/h6,9-10H,4-5,7-8H2,1-3H3,(H,15,16,17). The second-order valence-electron chi connectivity index (χ2n) is 4.95. The molecule has 1 aliphatic heterocycles. The molecule has 0 spiro atoms. The first-order valence-corrected chi connectivity index (χ1v) is 7.14. The molecule has 1 N–H and O–H groups in total. The Morgan fingerprint density at radius 2 is 2.11 bits per heavy atom. The molecule has 0 saturated carbocycles. The van der Waals surface area contributed by atoms with Crippen molar-refractivity contribution in [1.29, 1.82) is 0 Å². The average molecular weight is 285 g/mol. The van der Waals surface area contributed by atoms with Crippen molar-refractivity contribution < 1.29 is 4.74 Å². The van der Waals surface area contributed by atoms with Gasteiger partial charge in [0.1, 0.15) is 5.02 Å². The molecule has 0 aliphatic carbocycles. The van der Waals surface area contributed by atoms with Gasteiger partial charge in [-0.1, -0.05) is 18.5 Å². The maximum absolute atomic E-state index is 6.22. The third kappa shape index (κ3) is 3.70. The second-order valence-corrected chi connectivity index (χ2v) is 5.36. The summed E-state index contributed by atoms with van der Waals surface area (Å²) in [6.07, 6.45) is 3.06. The maximum atomic E-state index is 6.22. The number of ether oxygens (including phenoxy) is 1. The van der Waals surface area contributed by atoms with Crippen molar-refractivity contribution >= 4 is 23.4 Å². The number of hydrogen-bond donors (Lipinski definition) is 1. The molecule has 6 heteroatoms. The van der Waals surface area contributed by atoms with Gasteiger partial charge < -0.3 is 15.0 Å². The van der Waals surface area contributed by atoms with Crippen LogP contribution in [0.1, 0.15) is 27.2 Å². The third-order valence-electron chi connectivity index (χ3n) is 2.98. The number of halogens is 1. The highest BCUT2D eigenvalue weighted by Gasteiger charge is 2.25. The number of rotatable bonds is 4. The molecule has 1 aromatic heterocycles. The van der Waals surface area contributed by atoms with Crippen molar-refractivity contribution in [3.8, 4) is 0 Å². The lowest BCUT2D eigenvalue weighted by atomic mass is 10.2. The smallest absolute Gasteiger partial charge is 0.224 e. The van der Waals surface area contributed by atoms with Crippen molar-refractivity contribution in [2.24, 2.45) is 0 Å². The van der Waals surface area contributed by atoms with Gasteiger partial charge in [0, 0.05) is 19.6 Å². The zero-order valence-electron chi connectivity index (χ0n) is 11.7. The summed E-state index contributed by atoms with van der Waals surface area (Å²) >= 11 is 6.22. The summed E-state index contributed by atoms with van der Waals surface area (Å²) in [6.45, 7) is 8.69. The lowest BCUT2D eigenvalue weighted by molar-refractivity contribution is -0.00545. The Kier molecular flexibility index (Phi) is 4.82. The zero-order chi connectivity index (χ0) is 13.8. The fourth-order valence-electron chi connectivity index (χ4n) is 2.25. The van der Waals surface area contributed by atoms with Gasteiger partial charge in [0.05, 0.1) is 18.4 Å². The summed E-state index contributed by atoms with van der Waals surface area (Å²) in [6, 6.07) is 0. The van der Waals surface area contributed by atoms with E-state index in [9.17, 15) is 0 Å². The molecule has 0 bridgehead atoms. The number of aromatic nitrogens is 2. The van der Waals surface area contributed by atoms with Crippen LogP contribution in [0.5, 0.6) is 0 Å². The van der Waals surface area contributed by atoms with E-state index in [-0.39, 0.29) is 12.2 Å².